The highest BCUT2D eigenvalue weighted by atomic mass is 35.5. The molecule has 0 bridgehead atoms. The van der Waals surface area contributed by atoms with Crippen LogP contribution in [0.5, 0.6) is 5.75 Å². The van der Waals surface area contributed by atoms with E-state index in [0.29, 0.717) is 18.2 Å². The number of halogens is 2. The minimum atomic E-state index is -0.241. The summed E-state index contributed by atoms with van der Waals surface area (Å²) < 4.78 is 18.9. The lowest BCUT2D eigenvalue weighted by atomic mass is 10.2. The quantitative estimate of drug-likeness (QED) is 0.693. The number of nitrogens with zero attached hydrogens (tertiary/aromatic N) is 1. The number of ether oxygens (including phenoxy) is 1. The molecule has 2 aromatic rings. The first kappa shape index (κ1) is 19.1. The van der Waals surface area contributed by atoms with Gasteiger partial charge in [0.05, 0.1) is 0 Å². The molecule has 0 radical (unpaired) electrons. The van der Waals surface area contributed by atoms with Gasteiger partial charge in [-0.3, -0.25) is 4.90 Å². The maximum absolute atomic E-state index is 13.0. The summed E-state index contributed by atoms with van der Waals surface area (Å²) in [7, 11) is 0. The van der Waals surface area contributed by atoms with E-state index in [0.717, 1.165) is 56.1 Å². The molecule has 2 aromatic carbocycles. The van der Waals surface area contributed by atoms with Gasteiger partial charge in [0, 0.05) is 56.4 Å². The summed E-state index contributed by atoms with van der Waals surface area (Å²) in [5.74, 6) is 0.558. The molecule has 1 saturated heterocycles. The molecule has 3 rings (SSSR count). The summed E-state index contributed by atoms with van der Waals surface area (Å²) >= 11 is 6.15. The van der Waals surface area contributed by atoms with Gasteiger partial charge in [0.2, 0.25) is 0 Å². The van der Waals surface area contributed by atoms with Crippen LogP contribution in [0.15, 0.2) is 42.5 Å². The Labute approximate surface area is 159 Å². The van der Waals surface area contributed by atoms with Crippen LogP contribution in [0.25, 0.3) is 0 Å². The zero-order valence-corrected chi connectivity index (χ0v) is 15.6. The molecule has 6 heteroatoms. The molecular weight excluding hydrogens is 353 g/mol. The van der Waals surface area contributed by atoms with Crippen molar-refractivity contribution in [3.05, 3.63) is 64.4 Å². The Morgan fingerprint density at radius 1 is 1.12 bits per heavy atom. The molecule has 0 atom stereocenters. The monoisotopic (exact) mass is 377 g/mol. The molecule has 1 heterocycles. The topological polar surface area (TPSA) is 36.5 Å². The SMILES string of the molecule is Fc1ccc(COc2ccc(Cl)cc2CNCCN2CCNCC2)cc1. The highest BCUT2D eigenvalue weighted by molar-refractivity contribution is 6.30. The summed E-state index contributed by atoms with van der Waals surface area (Å²) in [6.07, 6.45) is 0. The van der Waals surface area contributed by atoms with E-state index in [2.05, 4.69) is 15.5 Å². The van der Waals surface area contributed by atoms with Crippen LogP contribution in [0, 0.1) is 5.82 Å². The molecule has 0 aliphatic carbocycles. The highest BCUT2D eigenvalue weighted by Crippen LogP contribution is 2.24. The van der Waals surface area contributed by atoms with Gasteiger partial charge in [-0.25, -0.2) is 4.39 Å². The van der Waals surface area contributed by atoms with Crippen LogP contribution in [0.4, 0.5) is 4.39 Å². The molecule has 2 N–H and O–H groups in total. The van der Waals surface area contributed by atoms with E-state index in [1.807, 2.05) is 18.2 Å². The van der Waals surface area contributed by atoms with Gasteiger partial charge in [0.25, 0.3) is 0 Å². The predicted octanol–water partition coefficient (Wildman–Crippen LogP) is 3.05. The fraction of sp³-hybridized carbons (Fsp3) is 0.400. The number of benzene rings is 2. The van der Waals surface area contributed by atoms with Gasteiger partial charge >= 0.3 is 0 Å². The second-order valence-electron chi connectivity index (χ2n) is 6.44. The zero-order valence-electron chi connectivity index (χ0n) is 14.8. The first-order valence-electron chi connectivity index (χ1n) is 9.00. The average Bonchev–Trinajstić information content (AvgIpc) is 2.67. The van der Waals surface area contributed by atoms with Crippen LogP contribution in [-0.2, 0) is 13.2 Å². The number of hydrogen-bond donors (Lipinski definition) is 2. The van der Waals surface area contributed by atoms with Crippen LogP contribution in [0.1, 0.15) is 11.1 Å². The zero-order chi connectivity index (χ0) is 18.2. The van der Waals surface area contributed by atoms with Crippen LogP contribution in [0.3, 0.4) is 0 Å². The third-order valence-corrected chi connectivity index (χ3v) is 4.70. The Kier molecular flexibility index (Phi) is 7.26. The third kappa shape index (κ3) is 5.95. The van der Waals surface area contributed by atoms with E-state index in [-0.39, 0.29) is 5.82 Å². The van der Waals surface area contributed by atoms with Crippen molar-refractivity contribution in [2.45, 2.75) is 13.2 Å². The summed E-state index contributed by atoms with van der Waals surface area (Å²) in [6.45, 7) is 7.39. The Balaban J connectivity index is 1.50. The Morgan fingerprint density at radius 3 is 2.65 bits per heavy atom. The van der Waals surface area contributed by atoms with Gasteiger partial charge in [-0.15, -0.1) is 0 Å². The standard InChI is InChI=1S/C20H25ClFN3O/c21-18-3-6-20(26-15-16-1-4-19(22)5-2-16)17(13-18)14-24-9-12-25-10-7-23-8-11-25/h1-6,13,23-24H,7-12,14-15H2. The molecule has 0 unspecified atom stereocenters. The highest BCUT2D eigenvalue weighted by Gasteiger charge is 2.09. The molecule has 140 valence electrons. The Hall–Kier alpha value is -1.66. The fourth-order valence-corrected chi connectivity index (χ4v) is 3.16. The van der Waals surface area contributed by atoms with Crippen LogP contribution < -0.4 is 15.4 Å². The van der Waals surface area contributed by atoms with Crippen molar-refractivity contribution in [1.29, 1.82) is 0 Å². The molecule has 1 aliphatic rings. The molecule has 1 aliphatic heterocycles. The van der Waals surface area contributed by atoms with Crippen molar-refractivity contribution in [3.63, 3.8) is 0 Å². The van der Waals surface area contributed by atoms with E-state index in [1.165, 1.54) is 12.1 Å². The van der Waals surface area contributed by atoms with Crippen LogP contribution >= 0.6 is 11.6 Å². The average molecular weight is 378 g/mol. The molecule has 4 nitrogen and oxygen atoms in total. The molecule has 1 fully saturated rings. The first-order chi connectivity index (χ1) is 12.7. The minimum Gasteiger partial charge on any atom is -0.489 e. The first-order valence-corrected chi connectivity index (χ1v) is 9.38. The van der Waals surface area contributed by atoms with Crippen molar-refractivity contribution in [3.8, 4) is 5.75 Å². The maximum atomic E-state index is 13.0. The lowest BCUT2D eigenvalue weighted by molar-refractivity contribution is 0.240. The predicted molar refractivity (Wildman–Crippen MR) is 103 cm³/mol. The van der Waals surface area contributed by atoms with Crippen molar-refractivity contribution in [1.82, 2.24) is 15.5 Å². The molecule has 0 aromatic heterocycles. The van der Waals surface area contributed by atoms with Gasteiger partial charge in [-0.2, -0.15) is 0 Å². The third-order valence-electron chi connectivity index (χ3n) is 4.46. The molecular formula is C20H25ClFN3O. The second-order valence-corrected chi connectivity index (χ2v) is 6.87. The minimum absolute atomic E-state index is 0.241. The smallest absolute Gasteiger partial charge is 0.124 e. The molecule has 0 saturated carbocycles. The number of rotatable bonds is 8. The molecule has 0 amide bonds. The summed E-state index contributed by atoms with van der Waals surface area (Å²) in [5.41, 5.74) is 1.96. The van der Waals surface area contributed by atoms with Gasteiger partial charge in [-0.1, -0.05) is 23.7 Å². The Morgan fingerprint density at radius 2 is 1.88 bits per heavy atom. The van der Waals surface area contributed by atoms with Crippen molar-refractivity contribution >= 4 is 11.6 Å². The van der Waals surface area contributed by atoms with Crippen LogP contribution in [-0.4, -0.2) is 44.2 Å². The molecule has 26 heavy (non-hydrogen) atoms. The Bertz CT molecular complexity index is 690. The molecule has 0 spiro atoms. The maximum Gasteiger partial charge on any atom is 0.124 e. The summed E-state index contributed by atoms with van der Waals surface area (Å²) in [4.78, 5) is 2.45. The van der Waals surface area contributed by atoms with E-state index in [9.17, 15) is 4.39 Å². The van der Waals surface area contributed by atoms with Gasteiger partial charge in [0.15, 0.2) is 0 Å². The number of nitrogens with one attached hydrogen (secondary N) is 2. The second kappa shape index (κ2) is 9.88. The largest absolute Gasteiger partial charge is 0.489 e. The van der Waals surface area contributed by atoms with E-state index in [1.54, 1.807) is 12.1 Å². The van der Waals surface area contributed by atoms with Crippen molar-refractivity contribution < 1.29 is 9.13 Å². The fourth-order valence-electron chi connectivity index (χ4n) is 2.96. The van der Waals surface area contributed by atoms with Gasteiger partial charge in [-0.05, 0) is 35.9 Å². The van der Waals surface area contributed by atoms with E-state index >= 15 is 0 Å². The van der Waals surface area contributed by atoms with Gasteiger partial charge < -0.3 is 15.4 Å². The van der Waals surface area contributed by atoms with E-state index in [4.69, 9.17) is 16.3 Å². The van der Waals surface area contributed by atoms with Gasteiger partial charge in [0.1, 0.15) is 18.2 Å². The normalized spacial score (nSPS) is 15.2. The summed E-state index contributed by atoms with van der Waals surface area (Å²) in [6, 6.07) is 12.0. The van der Waals surface area contributed by atoms with E-state index < -0.39 is 0 Å². The number of hydrogen-bond acceptors (Lipinski definition) is 4. The van der Waals surface area contributed by atoms with Crippen LogP contribution in [0.2, 0.25) is 5.02 Å². The number of piperazine rings is 1. The van der Waals surface area contributed by atoms with Crippen molar-refractivity contribution in [2.24, 2.45) is 0 Å². The lowest BCUT2D eigenvalue weighted by Gasteiger charge is -2.27. The summed E-state index contributed by atoms with van der Waals surface area (Å²) in [5, 5.41) is 7.53. The van der Waals surface area contributed by atoms with Crippen molar-refractivity contribution in [2.75, 3.05) is 39.3 Å². The lowest BCUT2D eigenvalue weighted by Crippen LogP contribution is -2.45.